The van der Waals surface area contributed by atoms with Gasteiger partial charge in [0, 0.05) is 0 Å². The maximum Gasteiger partial charge on any atom is 0.0874 e. The number of hydrogen-bond donors (Lipinski definition) is 1. The fourth-order valence-electron chi connectivity index (χ4n) is 0.0890. The Morgan fingerprint density at radius 1 is 1.86 bits per heavy atom. The van der Waals surface area contributed by atoms with Gasteiger partial charge in [-0.25, -0.2) is 0 Å². The first-order valence-electron chi connectivity index (χ1n) is 1.55. The van der Waals surface area contributed by atoms with E-state index in [1.807, 2.05) is 22.6 Å². The monoisotopic (exact) mass is 212 g/mol. The molecule has 0 aromatic carbocycles. The average Bonchev–Trinajstić information content (AvgIpc) is 1.68. The molecule has 4 nitrogen and oxygen atoms in total. The molecule has 0 aliphatic heterocycles. The van der Waals surface area contributed by atoms with Crippen LogP contribution in [0.25, 0.3) is 0 Å². The first-order valence-corrected chi connectivity index (χ1v) is 2.79. The van der Waals surface area contributed by atoms with Crippen molar-refractivity contribution in [2.75, 3.05) is 7.05 Å². The first kappa shape index (κ1) is 6.80. The minimum absolute atomic E-state index is 1.16. The second-order valence-electron chi connectivity index (χ2n) is 0.803. The van der Waals surface area contributed by atoms with E-state index in [9.17, 15) is 0 Å². The average molecular weight is 212 g/mol. The summed E-state index contributed by atoms with van der Waals surface area (Å²) in [4.78, 5) is 0. The molecule has 0 spiro atoms. The first-order chi connectivity index (χ1) is 3.31. The van der Waals surface area contributed by atoms with Crippen molar-refractivity contribution in [1.29, 1.82) is 5.53 Å². The number of hydrogen-bond acceptors (Lipinski definition) is 3. The number of hydrazone groups is 1. The van der Waals surface area contributed by atoms with Crippen LogP contribution in [0.5, 0.6) is 0 Å². The van der Waals surface area contributed by atoms with Crippen molar-refractivity contribution in [3.8, 4) is 0 Å². The third-order valence-electron chi connectivity index (χ3n) is 0.355. The zero-order valence-corrected chi connectivity index (χ0v) is 5.95. The lowest BCUT2D eigenvalue weighted by Crippen LogP contribution is -1.97. The molecule has 0 radical (unpaired) electrons. The van der Waals surface area contributed by atoms with Crippen LogP contribution in [0.1, 0.15) is 0 Å². The Kier molecular flexibility index (Phi) is 3.86. The van der Waals surface area contributed by atoms with E-state index in [2.05, 4.69) is 10.3 Å². The van der Waals surface area contributed by atoms with Crippen LogP contribution in [0.3, 0.4) is 0 Å². The second-order valence-corrected chi connectivity index (χ2v) is 1.36. The van der Waals surface area contributed by atoms with E-state index < -0.39 is 0 Å². The summed E-state index contributed by atoms with van der Waals surface area (Å²) in [6, 6.07) is 0. The van der Waals surface area contributed by atoms with Crippen molar-refractivity contribution >= 4 is 26.8 Å². The summed E-state index contributed by atoms with van der Waals surface area (Å²) in [7, 11) is 1.59. The van der Waals surface area contributed by atoms with Crippen molar-refractivity contribution in [1.82, 2.24) is 5.12 Å². The minimum Gasteiger partial charge on any atom is -0.185 e. The van der Waals surface area contributed by atoms with Gasteiger partial charge in [-0.3, -0.25) is 0 Å². The standard InChI is InChI=1S/C2H5IN4/c1-7(6-4)5-2-3/h2,4H,1H3/b5-2-,6-4?. The lowest BCUT2D eigenvalue weighted by Gasteiger charge is -1.96. The molecule has 0 aromatic rings. The zero-order valence-electron chi connectivity index (χ0n) is 3.80. The Labute approximate surface area is 55.2 Å². The highest BCUT2D eigenvalue weighted by Crippen LogP contribution is 1.81. The molecular weight excluding hydrogens is 207 g/mol. The van der Waals surface area contributed by atoms with Gasteiger partial charge < -0.3 is 0 Å². The Hall–Kier alpha value is -0.200. The van der Waals surface area contributed by atoms with Crippen LogP contribution in [-0.2, 0) is 0 Å². The molecule has 0 rings (SSSR count). The van der Waals surface area contributed by atoms with Crippen LogP contribution in [0, 0.1) is 5.53 Å². The normalized spacial score (nSPS) is 9.43. The molecule has 0 unspecified atom stereocenters. The zero-order chi connectivity index (χ0) is 5.70. The number of nitrogens with zero attached hydrogens (tertiary/aromatic N) is 3. The predicted molar refractivity (Wildman–Crippen MR) is 35.4 cm³/mol. The summed E-state index contributed by atoms with van der Waals surface area (Å²) in [5, 5.41) is 7.70. The summed E-state index contributed by atoms with van der Waals surface area (Å²) in [6.07, 6.45) is 0. The van der Waals surface area contributed by atoms with Gasteiger partial charge in [-0.1, -0.05) is 5.22 Å². The summed E-state index contributed by atoms with van der Waals surface area (Å²) < 4.78 is 1.54. The summed E-state index contributed by atoms with van der Waals surface area (Å²) in [5.41, 5.74) is 6.35. The van der Waals surface area contributed by atoms with E-state index in [-0.39, 0.29) is 0 Å². The molecule has 1 N–H and O–H groups in total. The molecule has 0 atom stereocenters. The molecule has 0 aliphatic carbocycles. The van der Waals surface area contributed by atoms with Gasteiger partial charge in [-0.2, -0.15) is 15.8 Å². The van der Waals surface area contributed by atoms with Gasteiger partial charge in [-0.15, -0.1) is 0 Å². The van der Waals surface area contributed by atoms with Crippen molar-refractivity contribution < 1.29 is 0 Å². The number of rotatable bonds is 2. The maximum absolute atomic E-state index is 6.35. The molecule has 0 heterocycles. The van der Waals surface area contributed by atoms with E-state index in [1.54, 1.807) is 7.05 Å². The largest absolute Gasteiger partial charge is 0.185 e. The van der Waals surface area contributed by atoms with Gasteiger partial charge in [0.05, 0.1) is 11.3 Å². The summed E-state index contributed by atoms with van der Waals surface area (Å²) >= 11 is 1.95. The van der Waals surface area contributed by atoms with Gasteiger partial charge in [0.1, 0.15) is 0 Å². The highest BCUT2D eigenvalue weighted by molar-refractivity contribution is 14.1. The number of nitrogens with one attached hydrogen (secondary N) is 1. The van der Waals surface area contributed by atoms with Crippen molar-refractivity contribution in [3.05, 3.63) is 0 Å². The van der Waals surface area contributed by atoms with Crippen LogP contribution in [0.2, 0.25) is 0 Å². The molecule has 5 heteroatoms. The van der Waals surface area contributed by atoms with Gasteiger partial charge >= 0.3 is 0 Å². The van der Waals surface area contributed by atoms with Gasteiger partial charge in [0.15, 0.2) is 0 Å². The van der Waals surface area contributed by atoms with Crippen molar-refractivity contribution in [2.45, 2.75) is 0 Å². The molecule has 0 saturated heterocycles. The summed E-state index contributed by atoms with van der Waals surface area (Å²) in [5.74, 6) is 0. The van der Waals surface area contributed by atoms with Crippen LogP contribution in [0.4, 0.5) is 0 Å². The molecule has 0 bridgehead atoms. The van der Waals surface area contributed by atoms with Crippen LogP contribution >= 0.6 is 22.6 Å². The molecule has 7 heavy (non-hydrogen) atoms. The lowest BCUT2D eigenvalue weighted by molar-refractivity contribution is 0.342. The molecule has 0 saturated carbocycles. The van der Waals surface area contributed by atoms with Crippen LogP contribution in [-0.4, -0.2) is 16.4 Å². The van der Waals surface area contributed by atoms with Crippen LogP contribution in [0.15, 0.2) is 10.3 Å². The molecule has 0 amide bonds. The molecule has 0 aliphatic rings. The molecular formula is C2H5IN4. The SMILES string of the molecule is CN(N=N)/N=C\I. The van der Waals surface area contributed by atoms with E-state index in [0.717, 1.165) is 5.12 Å². The predicted octanol–water partition coefficient (Wildman–Crippen LogP) is 1.24. The fraction of sp³-hybridized carbons (Fsp3) is 0.500. The molecule has 40 valence electrons. The molecule has 0 aromatic heterocycles. The highest BCUT2D eigenvalue weighted by atomic mass is 127. The van der Waals surface area contributed by atoms with Gasteiger partial charge in [0.25, 0.3) is 0 Å². The highest BCUT2D eigenvalue weighted by Gasteiger charge is 1.75. The maximum atomic E-state index is 6.35. The van der Waals surface area contributed by atoms with E-state index in [4.69, 9.17) is 5.53 Å². The van der Waals surface area contributed by atoms with E-state index >= 15 is 0 Å². The van der Waals surface area contributed by atoms with E-state index in [1.165, 1.54) is 4.22 Å². The quantitative estimate of drug-likeness (QED) is 0.318. The van der Waals surface area contributed by atoms with Crippen molar-refractivity contribution in [2.24, 2.45) is 10.3 Å². The molecule has 0 fully saturated rings. The minimum atomic E-state index is 1.16. The number of halogens is 1. The third-order valence-corrected chi connectivity index (χ3v) is 0.605. The Balaban J connectivity index is 3.35. The summed E-state index contributed by atoms with van der Waals surface area (Å²) in [6.45, 7) is 0. The Morgan fingerprint density at radius 3 is 2.57 bits per heavy atom. The smallest absolute Gasteiger partial charge is 0.0874 e. The topological polar surface area (TPSA) is 51.8 Å². The lowest BCUT2D eigenvalue weighted by atomic mass is 11.4. The Bertz CT molecular complexity index is 79.8. The van der Waals surface area contributed by atoms with Gasteiger partial charge in [0.2, 0.25) is 0 Å². The van der Waals surface area contributed by atoms with E-state index in [0.29, 0.717) is 0 Å². The fourth-order valence-corrected chi connectivity index (χ4v) is 0.450. The van der Waals surface area contributed by atoms with Crippen LogP contribution < -0.4 is 0 Å². The van der Waals surface area contributed by atoms with Gasteiger partial charge in [-0.05, 0) is 22.6 Å². The third kappa shape index (κ3) is 3.64. The van der Waals surface area contributed by atoms with Crippen molar-refractivity contribution in [3.63, 3.8) is 0 Å². The second kappa shape index (κ2) is 3.97. The Morgan fingerprint density at radius 2 is 2.43 bits per heavy atom.